The number of H-pyrrole nitrogens is 1. The van der Waals surface area contributed by atoms with Crippen LogP contribution in [0.1, 0.15) is 13.3 Å². The van der Waals surface area contributed by atoms with E-state index in [-0.39, 0.29) is 11.2 Å². The zero-order valence-electron chi connectivity index (χ0n) is 12.3. The fraction of sp³-hybridized carbons (Fsp3) is 0.308. The molecule has 2 rings (SSSR count). The number of fused-ring (bicyclic) bond motifs is 1. The highest BCUT2D eigenvalue weighted by molar-refractivity contribution is 5.68. The van der Waals surface area contributed by atoms with Gasteiger partial charge in [-0.3, -0.25) is 13.9 Å². The number of aromatic amines is 1. The van der Waals surface area contributed by atoms with Gasteiger partial charge in [0.25, 0.3) is 5.56 Å². The molecule has 0 atom stereocenters. The Labute approximate surface area is 125 Å². The number of nitrogens with zero attached hydrogens (tertiary/aromatic N) is 5. The first-order valence-corrected chi connectivity index (χ1v) is 6.24. The predicted octanol–water partition coefficient (Wildman–Crippen LogP) is -0.0723. The Morgan fingerprint density at radius 3 is 2.59 bits per heavy atom. The van der Waals surface area contributed by atoms with Gasteiger partial charge in [0.1, 0.15) is 5.52 Å². The molecule has 0 saturated heterocycles. The van der Waals surface area contributed by atoms with Crippen LogP contribution in [-0.4, -0.2) is 19.1 Å². The fourth-order valence-electron chi connectivity index (χ4n) is 1.72. The molecule has 9 heteroatoms. The Kier molecular flexibility index (Phi) is 5.66. The van der Waals surface area contributed by atoms with Crippen LogP contribution in [0.2, 0.25) is 0 Å². The minimum Gasteiger partial charge on any atom is -0.339 e. The number of aryl methyl sites for hydroxylation is 1. The maximum absolute atomic E-state index is 12.0. The topological polar surface area (TPSA) is 132 Å². The van der Waals surface area contributed by atoms with E-state index in [0.717, 1.165) is 5.57 Å². The van der Waals surface area contributed by atoms with E-state index in [0.29, 0.717) is 24.1 Å². The van der Waals surface area contributed by atoms with Crippen molar-refractivity contribution in [2.24, 2.45) is 7.05 Å². The van der Waals surface area contributed by atoms with Crippen molar-refractivity contribution in [3.05, 3.63) is 39.3 Å². The van der Waals surface area contributed by atoms with Crippen LogP contribution >= 0.6 is 0 Å². The Bertz CT molecular complexity index is 861. The highest BCUT2D eigenvalue weighted by atomic mass is 16.2. The second-order valence-electron chi connectivity index (χ2n) is 4.46. The van der Waals surface area contributed by atoms with Crippen molar-refractivity contribution in [2.75, 3.05) is 0 Å². The molecule has 2 aromatic rings. The Morgan fingerprint density at radius 1 is 1.45 bits per heavy atom. The van der Waals surface area contributed by atoms with E-state index in [1.807, 2.05) is 6.92 Å². The van der Waals surface area contributed by atoms with E-state index in [2.05, 4.69) is 16.5 Å². The minimum atomic E-state index is -0.351. The third-order valence-corrected chi connectivity index (χ3v) is 2.79. The third-order valence-electron chi connectivity index (χ3n) is 2.79. The first-order valence-electron chi connectivity index (χ1n) is 6.24. The number of hydrogen-bond acceptors (Lipinski definition) is 6. The second-order valence-corrected chi connectivity index (χ2v) is 4.46. The highest BCUT2D eigenvalue weighted by Crippen LogP contribution is 2.01. The summed E-state index contributed by atoms with van der Waals surface area (Å²) in [5, 5.41) is 16.7. The van der Waals surface area contributed by atoms with Crippen molar-refractivity contribution >= 4 is 11.2 Å². The SMILES string of the molecule is C=C(C)CCn1c(=O)c2[nH]cnc2n(C)c1=O.N#CNC#N. The van der Waals surface area contributed by atoms with E-state index in [4.69, 9.17) is 10.5 Å². The summed E-state index contributed by atoms with van der Waals surface area (Å²) in [7, 11) is 1.60. The summed E-state index contributed by atoms with van der Waals surface area (Å²) in [5.41, 5.74) is 0.988. The molecule has 22 heavy (non-hydrogen) atoms. The average Bonchev–Trinajstić information content (AvgIpc) is 2.96. The summed E-state index contributed by atoms with van der Waals surface area (Å²) in [6.45, 7) is 5.97. The molecule has 0 saturated carbocycles. The Hall–Kier alpha value is -3.33. The molecule has 0 bridgehead atoms. The van der Waals surface area contributed by atoms with Crippen LogP contribution in [0.25, 0.3) is 11.2 Å². The number of nitrogens with one attached hydrogen (secondary N) is 2. The van der Waals surface area contributed by atoms with Gasteiger partial charge < -0.3 is 4.98 Å². The first-order chi connectivity index (χ1) is 10.4. The molecule has 0 unspecified atom stereocenters. The van der Waals surface area contributed by atoms with Crippen LogP contribution in [-0.2, 0) is 13.6 Å². The Morgan fingerprint density at radius 2 is 2.09 bits per heavy atom. The van der Waals surface area contributed by atoms with E-state index in [1.165, 1.54) is 27.8 Å². The average molecular weight is 301 g/mol. The lowest BCUT2D eigenvalue weighted by Gasteiger charge is -2.07. The zero-order chi connectivity index (χ0) is 16.7. The largest absolute Gasteiger partial charge is 0.339 e. The molecule has 9 nitrogen and oxygen atoms in total. The summed E-state index contributed by atoms with van der Waals surface area (Å²) in [6.07, 6.45) is 4.83. The number of allylic oxidation sites excluding steroid dienone is 1. The third kappa shape index (κ3) is 3.61. The smallest absolute Gasteiger partial charge is 0.332 e. The molecule has 2 aromatic heterocycles. The van der Waals surface area contributed by atoms with Crippen molar-refractivity contribution in [2.45, 2.75) is 19.9 Å². The van der Waals surface area contributed by atoms with Gasteiger partial charge in [0.15, 0.2) is 18.0 Å². The molecule has 2 N–H and O–H groups in total. The number of hydrogen-bond donors (Lipinski definition) is 2. The van der Waals surface area contributed by atoms with Crippen LogP contribution in [0.3, 0.4) is 0 Å². The maximum atomic E-state index is 12.0. The monoisotopic (exact) mass is 301 g/mol. The normalized spacial score (nSPS) is 9.27. The highest BCUT2D eigenvalue weighted by Gasteiger charge is 2.12. The molecule has 0 aliphatic rings. The van der Waals surface area contributed by atoms with Crippen molar-refractivity contribution in [1.29, 1.82) is 10.5 Å². The molecule has 114 valence electrons. The van der Waals surface area contributed by atoms with Gasteiger partial charge in [-0.2, -0.15) is 10.5 Å². The van der Waals surface area contributed by atoms with Gasteiger partial charge in [-0.1, -0.05) is 5.57 Å². The van der Waals surface area contributed by atoms with Gasteiger partial charge >= 0.3 is 5.69 Å². The van der Waals surface area contributed by atoms with Crippen molar-refractivity contribution < 1.29 is 0 Å². The molecule has 0 radical (unpaired) electrons. The summed E-state index contributed by atoms with van der Waals surface area (Å²) in [4.78, 5) is 30.7. The molecular weight excluding hydrogens is 286 g/mol. The summed E-state index contributed by atoms with van der Waals surface area (Å²) in [6, 6.07) is 0. The molecule has 0 aliphatic carbocycles. The number of rotatable bonds is 3. The first kappa shape index (κ1) is 16.7. The lowest BCUT2D eigenvalue weighted by Crippen LogP contribution is -2.39. The van der Waals surface area contributed by atoms with Crippen LogP contribution in [0.5, 0.6) is 0 Å². The fourth-order valence-corrected chi connectivity index (χ4v) is 1.72. The number of aromatic nitrogens is 4. The number of imidazole rings is 1. The van der Waals surface area contributed by atoms with Crippen LogP contribution in [0.15, 0.2) is 28.1 Å². The summed E-state index contributed by atoms with van der Waals surface area (Å²) < 4.78 is 2.57. The molecule has 0 fully saturated rings. The van der Waals surface area contributed by atoms with E-state index < -0.39 is 0 Å². The van der Waals surface area contributed by atoms with Gasteiger partial charge in [-0.05, 0) is 13.3 Å². The van der Waals surface area contributed by atoms with Crippen molar-refractivity contribution in [3.63, 3.8) is 0 Å². The number of nitriles is 2. The lowest BCUT2D eigenvalue weighted by atomic mass is 10.2. The van der Waals surface area contributed by atoms with Gasteiger partial charge in [0.2, 0.25) is 0 Å². The van der Waals surface area contributed by atoms with Crippen LogP contribution in [0.4, 0.5) is 0 Å². The van der Waals surface area contributed by atoms with E-state index in [9.17, 15) is 9.59 Å². The van der Waals surface area contributed by atoms with Gasteiger partial charge in [0, 0.05) is 13.6 Å². The molecular formula is C13H15N7O2. The summed E-state index contributed by atoms with van der Waals surface area (Å²) in [5.74, 6) is 0. The second kappa shape index (κ2) is 7.45. The van der Waals surface area contributed by atoms with Gasteiger partial charge in [0.05, 0.1) is 6.33 Å². The van der Waals surface area contributed by atoms with E-state index >= 15 is 0 Å². The van der Waals surface area contributed by atoms with Gasteiger partial charge in [-0.25, -0.2) is 15.1 Å². The molecule has 0 spiro atoms. The van der Waals surface area contributed by atoms with Crippen molar-refractivity contribution in [3.8, 4) is 12.4 Å². The zero-order valence-corrected chi connectivity index (χ0v) is 12.3. The minimum absolute atomic E-state index is 0.332. The molecule has 2 heterocycles. The maximum Gasteiger partial charge on any atom is 0.332 e. The van der Waals surface area contributed by atoms with Crippen molar-refractivity contribution in [1.82, 2.24) is 24.4 Å². The lowest BCUT2D eigenvalue weighted by molar-refractivity contribution is 0.601. The quantitative estimate of drug-likeness (QED) is 0.463. The Balaban J connectivity index is 0.000000422. The molecule has 0 aromatic carbocycles. The van der Waals surface area contributed by atoms with Crippen LogP contribution < -0.4 is 16.6 Å². The van der Waals surface area contributed by atoms with E-state index in [1.54, 1.807) is 12.4 Å². The summed E-state index contributed by atoms with van der Waals surface area (Å²) >= 11 is 0. The van der Waals surface area contributed by atoms with Crippen LogP contribution in [0, 0.1) is 22.9 Å². The molecule has 0 amide bonds. The molecule has 0 aliphatic heterocycles. The predicted molar refractivity (Wildman–Crippen MR) is 79.4 cm³/mol. The standard InChI is InChI=1S/C11H14N4O2.C2HN3/c1-7(2)4-5-15-10(16)8-9(13-6-12-8)14(3)11(15)17;3-1-5-2-4/h6H,1,4-5H2,2-3H3,(H,12,13);5H. The van der Waals surface area contributed by atoms with Gasteiger partial charge in [-0.15, -0.1) is 6.58 Å².